The predicted octanol–water partition coefficient (Wildman–Crippen LogP) is 4.51. The Kier molecular flexibility index (Phi) is 6.07. The average molecular weight is 370 g/mol. The first-order valence-electron chi connectivity index (χ1n) is 7.41. The summed E-state index contributed by atoms with van der Waals surface area (Å²) in [4.78, 5) is 22.4. The number of amides is 1. The molecular formula is C17H17F3N2O2S. The molecule has 0 N–H and O–H groups in total. The first-order valence-corrected chi connectivity index (χ1v) is 8.40. The lowest BCUT2D eigenvalue weighted by molar-refractivity contribution is -0.137. The number of hydrogen-bond acceptors (Lipinski definition) is 4. The molecule has 0 bridgehead atoms. The highest BCUT2D eigenvalue weighted by molar-refractivity contribution is 7.99. The van der Waals surface area contributed by atoms with Gasteiger partial charge in [-0.1, -0.05) is 19.1 Å². The molecule has 0 atom stereocenters. The van der Waals surface area contributed by atoms with Crippen molar-refractivity contribution < 1.29 is 22.8 Å². The largest absolute Gasteiger partial charge is 0.416 e. The molecule has 1 amide bonds. The van der Waals surface area contributed by atoms with Gasteiger partial charge in [0.1, 0.15) is 5.69 Å². The van der Waals surface area contributed by atoms with Crippen molar-refractivity contribution in [1.29, 1.82) is 0 Å². The van der Waals surface area contributed by atoms with E-state index in [0.717, 1.165) is 22.9 Å². The van der Waals surface area contributed by atoms with Crippen molar-refractivity contribution >= 4 is 17.7 Å². The van der Waals surface area contributed by atoms with Crippen LogP contribution < -0.4 is 0 Å². The van der Waals surface area contributed by atoms with Gasteiger partial charge in [-0.05, 0) is 30.0 Å². The monoisotopic (exact) mass is 370 g/mol. The van der Waals surface area contributed by atoms with E-state index in [-0.39, 0.29) is 5.69 Å². The number of pyridine rings is 1. The summed E-state index contributed by atoms with van der Waals surface area (Å²) in [5, 5.41) is 1.05. The van der Waals surface area contributed by atoms with Crippen molar-refractivity contribution in [3.63, 3.8) is 0 Å². The van der Waals surface area contributed by atoms with Crippen LogP contribution in [0.3, 0.4) is 0 Å². The Labute approximate surface area is 148 Å². The van der Waals surface area contributed by atoms with Gasteiger partial charge in [-0.15, -0.1) is 11.8 Å². The number of aromatic nitrogens is 1. The molecule has 8 heteroatoms. The van der Waals surface area contributed by atoms with Crippen LogP contribution in [0.2, 0.25) is 0 Å². The lowest BCUT2D eigenvalue weighted by Crippen LogP contribution is -2.27. The summed E-state index contributed by atoms with van der Waals surface area (Å²) >= 11 is 1.45. The third kappa shape index (κ3) is 4.52. The molecule has 0 unspecified atom stereocenters. The Morgan fingerprint density at radius 3 is 2.36 bits per heavy atom. The number of thioether (sulfide) groups is 1. The Morgan fingerprint density at radius 2 is 1.84 bits per heavy atom. The highest BCUT2D eigenvalue weighted by atomic mass is 32.2. The molecule has 4 nitrogen and oxygen atoms in total. The molecule has 0 aliphatic rings. The van der Waals surface area contributed by atoms with E-state index in [1.807, 2.05) is 6.92 Å². The fraction of sp³-hybridized carbons (Fsp3) is 0.294. The number of hydroxylamine groups is 2. The van der Waals surface area contributed by atoms with Crippen LogP contribution in [0.1, 0.15) is 23.0 Å². The summed E-state index contributed by atoms with van der Waals surface area (Å²) in [5.41, 5.74) is 0.385. The summed E-state index contributed by atoms with van der Waals surface area (Å²) in [6.07, 6.45) is -4.39. The van der Waals surface area contributed by atoms with Gasteiger partial charge in [0.15, 0.2) is 0 Å². The molecule has 0 aliphatic heterocycles. The van der Waals surface area contributed by atoms with Gasteiger partial charge in [-0.2, -0.15) is 13.2 Å². The first-order chi connectivity index (χ1) is 11.8. The lowest BCUT2D eigenvalue weighted by Gasteiger charge is -2.16. The zero-order chi connectivity index (χ0) is 18.6. The molecular weight excluding hydrogens is 353 g/mol. The molecule has 0 saturated heterocycles. The molecule has 2 aromatic rings. The van der Waals surface area contributed by atoms with Gasteiger partial charge in [0.2, 0.25) is 0 Å². The SMILES string of the molecule is CCSc1ccc(-c2ccc(C(F)(F)F)cc2)nc1C(=O)N(C)OC. The highest BCUT2D eigenvalue weighted by Gasteiger charge is 2.30. The Bertz CT molecular complexity index is 749. The van der Waals surface area contributed by atoms with Gasteiger partial charge in [-0.25, -0.2) is 10.0 Å². The summed E-state index contributed by atoms with van der Waals surface area (Å²) < 4.78 is 38.0. The minimum Gasteiger partial charge on any atom is -0.274 e. The number of alkyl halides is 3. The third-order valence-corrected chi connectivity index (χ3v) is 4.36. The zero-order valence-corrected chi connectivity index (χ0v) is 14.7. The maximum atomic E-state index is 12.7. The average Bonchev–Trinajstić information content (AvgIpc) is 2.60. The number of carbonyl (C=O) groups is 1. The maximum Gasteiger partial charge on any atom is 0.416 e. The first kappa shape index (κ1) is 19.3. The molecule has 0 saturated carbocycles. The molecule has 1 aromatic heterocycles. The number of hydrogen-bond donors (Lipinski definition) is 0. The van der Waals surface area contributed by atoms with E-state index in [9.17, 15) is 18.0 Å². The van der Waals surface area contributed by atoms with Crippen LogP contribution in [0.25, 0.3) is 11.3 Å². The second-order valence-electron chi connectivity index (χ2n) is 5.04. The van der Waals surface area contributed by atoms with Crippen LogP contribution in [0.15, 0.2) is 41.3 Å². The van der Waals surface area contributed by atoms with Crippen LogP contribution in [0.4, 0.5) is 13.2 Å². The predicted molar refractivity (Wildman–Crippen MR) is 90.2 cm³/mol. The van der Waals surface area contributed by atoms with Crippen LogP contribution in [0, 0.1) is 0 Å². The lowest BCUT2D eigenvalue weighted by atomic mass is 10.1. The fourth-order valence-corrected chi connectivity index (χ4v) is 2.84. The van der Waals surface area contributed by atoms with Gasteiger partial charge < -0.3 is 0 Å². The Morgan fingerprint density at radius 1 is 1.20 bits per heavy atom. The number of halogens is 3. The minimum absolute atomic E-state index is 0.202. The normalized spacial score (nSPS) is 11.4. The number of benzene rings is 1. The smallest absolute Gasteiger partial charge is 0.274 e. The van der Waals surface area contributed by atoms with Crippen molar-refractivity contribution in [1.82, 2.24) is 10.0 Å². The van der Waals surface area contributed by atoms with Gasteiger partial charge in [0.25, 0.3) is 5.91 Å². The molecule has 1 heterocycles. The Hall–Kier alpha value is -2.06. The van der Waals surface area contributed by atoms with E-state index in [0.29, 0.717) is 16.2 Å². The number of nitrogens with zero attached hydrogens (tertiary/aromatic N) is 2. The van der Waals surface area contributed by atoms with Crippen LogP contribution in [-0.4, -0.2) is 35.9 Å². The molecule has 0 spiro atoms. The van der Waals surface area contributed by atoms with E-state index in [1.165, 1.54) is 38.1 Å². The zero-order valence-electron chi connectivity index (χ0n) is 13.9. The quantitative estimate of drug-likeness (QED) is 0.574. The van der Waals surface area contributed by atoms with Crippen LogP contribution in [-0.2, 0) is 11.0 Å². The maximum absolute atomic E-state index is 12.7. The van der Waals surface area contributed by atoms with Crippen molar-refractivity contribution in [2.24, 2.45) is 0 Å². The standard InChI is InChI=1S/C17H17F3N2O2S/c1-4-25-14-10-9-13(21-15(14)16(23)22(2)24-3)11-5-7-12(8-6-11)17(18,19)20/h5-10H,4H2,1-3H3. The van der Waals surface area contributed by atoms with E-state index >= 15 is 0 Å². The Balaban J connectivity index is 2.44. The third-order valence-electron chi connectivity index (χ3n) is 3.43. The van der Waals surface area contributed by atoms with Gasteiger partial charge in [0, 0.05) is 17.5 Å². The molecule has 0 radical (unpaired) electrons. The molecule has 0 aliphatic carbocycles. The minimum atomic E-state index is -4.39. The van der Waals surface area contributed by atoms with E-state index < -0.39 is 17.6 Å². The summed E-state index contributed by atoms with van der Waals surface area (Å²) in [5.74, 6) is 0.324. The second kappa shape index (κ2) is 7.88. The summed E-state index contributed by atoms with van der Waals surface area (Å²) in [6.45, 7) is 1.95. The van der Waals surface area contributed by atoms with Crippen molar-refractivity contribution in [3.8, 4) is 11.3 Å². The number of rotatable bonds is 5. The summed E-state index contributed by atoms with van der Waals surface area (Å²) in [7, 11) is 2.83. The van der Waals surface area contributed by atoms with Crippen LogP contribution >= 0.6 is 11.8 Å². The van der Waals surface area contributed by atoms with Crippen molar-refractivity contribution in [2.75, 3.05) is 19.9 Å². The molecule has 0 fully saturated rings. The number of carbonyl (C=O) groups excluding carboxylic acids is 1. The van der Waals surface area contributed by atoms with Gasteiger partial charge in [0.05, 0.1) is 18.4 Å². The van der Waals surface area contributed by atoms with E-state index in [2.05, 4.69) is 4.98 Å². The van der Waals surface area contributed by atoms with Gasteiger partial charge >= 0.3 is 6.18 Å². The van der Waals surface area contributed by atoms with E-state index in [4.69, 9.17) is 4.84 Å². The topological polar surface area (TPSA) is 42.4 Å². The molecule has 25 heavy (non-hydrogen) atoms. The second-order valence-corrected chi connectivity index (χ2v) is 6.34. The van der Waals surface area contributed by atoms with Gasteiger partial charge in [-0.3, -0.25) is 9.63 Å². The highest BCUT2D eigenvalue weighted by Crippen LogP contribution is 2.31. The molecule has 134 valence electrons. The van der Waals surface area contributed by atoms with Crippen molar-refractivity contribution in [3.05, 3.63) is 47.7 Å². The fourth-order valence-electron chi connectivity index (χ4n) is 2.09. The van der Waals surface area contributed by atoms with Crippen LogP contribution in [0.5, 0.6) is 0 Å². The summed E-state index contributed by atoms with van der Waals surface area (Å²) in [6, 6.07) is 8.09. The molecule has 2 rings (SSSR count). The van der Waals surface area contributed by atoms with Crippen molar-refractivity contribution in [2.45, 2.75) is 18.0 Å². The van der Waals surface area contributed by atoms with E-state index in [1.54, 1.807) is 12.1 Å². The molecule has 1 aromatic carbocycles.